The van der Waals surface area contributed by atoms with Gasteiger partial charge in [-0.05, 0) is 37.1 Å². The van der Waals surface area contributed by atoms with E-state index >= 15 is 0 Å². The summed E-state index contributed by atoms with van der Waals surface area (Å²) in [6, 6.07) is 3.26. The zero-order valence-corrected chi connectivity index (χ0v) is 12.8. The number of hydrogen-bond donors (Lipinski definition) is 1. The largest absolute Gasteiger partial charge is 0.480 e. The minimum Gasteiger partial charge on any atom is -0.480 e. The molecule has 2 heterocycles. The molecule has 1 aliphatic rings. The van der Waals surface area contributed by atoms with Crippen molar-refractivity contribution in [1.82, 2.24) is 9.88 Å². The van der Waals surface area contributed by atoms with Gasteiger partial charge in [0, 0.05) is 12.1 Å². The van der Waals surface area contributed by atoms with E-state index in [9.17, 15) is 22.8 Å². The van der Waals surface area contributed by atoms with E-state index in [2.05, 4.69) is 4.98 Å². The Morgan fingerprint density at radius 3 is 2.52 bits per heavy atom. The summed E-state index contributed by atoms with van der Waals surface area (Å²) >= 11 is 0. The zero-order chi connectivity index (χ0) is 18.2. The molecule has 0 bridgehead atoms. The third-order valence-electron chi connectivity index (χ3n) is 3.98. The predicted octanol–water partition coefficient (Wildman–Crippen LogP) is 3.05. The SMILES string of the molecule is O=C(O)C1CCCN1C(=O)c1coc(-c2ccc(C(F)(F)F)cc2)n1. The predicted molar refractivity (Wildman–Crippen MR) is 78.6 cm³/mol. The Kier molecular flexibility index (Phi) is 4.23. The van der Waals surface area contributed by atoms with E-state index in [1.807, 2.05) is 0 Å². The normalized spacial score (nSPS) is 17.7. The highest BCUT2D eigenvalue weighted by molar-refractivity contribution is 5.95. The summed E-state index contributed by atoms with van der Waals surface area (Å²) in [5.74, 6) is -1.67. The number of carbonyl (C=O) groups is 2. The van der Waals surface area contributed by atoms with E-state index in [4.69, 9.17) is 9.52 Å². The number of halogens is 3. The second kappa shape index (κ2) is 6.23. The average Bonchev–Trinajstić information content (AvgIpc) is 3.23. The molecule has 0 spiro atoms. The number of carboxylic acid groups (broad SMARTS) is 1. The Labute approximate surface area is 139 Å². The van der Waals surface area contributed by atoms with Crippen molar-refractivity contribution in [3.63, 3.8) is 0 Å². The monoisotopic (exact) mass is 354 g/mol. The van der Waals surface area contributed by atoms with Crippen LogP contribution in [0.2, 0.25) is 0 Å². The van der Waals surface area contributed by atoms with E-state index in [1.54, 1.807) is 0 Å². The van der Waals surface area contributed by atoms with Gasteiger partial charge in [0.05, 0.1) is 5.56 Å². The maximum absolute atomic E-state index is 12.6. The highest BCUT2D eigenvalue weighted by Gasteiger charge is 2.35. The summed E-state index contributed by atoms with van der Waals surface area (Å²) in [7, 11) is 0. The Balaban J connectivity index is 1.80. The molecule has 1 atom stereocenters. The van der Waals surface area contributed by atoms with Crippen LogP contribution in [0, 0.1) is 0 Å². The molecule has 0 saturated carbocycles. The van der Waals surface area contributed by atoms with Crippen LogP contribution in [0.1, 0.15) is 28.9 Å². The lowest BCUT2D eigenvalue weighted by atomic mass is 10.1. The van der Waals surface area contributed by atoms with Crippen molar-refractivity contribution in [3.8, 4) is 11.5 Å². The number of carboxylic acids is 1. The van der Waals surface area contributed by atoms with Crippen molar-refractivity contribution in [3.05, 3.63) is 41.8 Å². The lowest BCUT2D eigenvalue weighted by molar-refractivity contribution is -0.141. The van der Waals surface area contributed by atoms with Gasteiger partial charge in [-0.15, -0.1) is 0 Å². The number of likely N-dealkylation sites (tertiary alicyclic amines) is 1. The number of hydrogen-bond acceptors (Lipinski definition) is 4. The maximum atomic E-state index is 12.6. The average molecular weight is 354 g/mol. The van der Waals surface area contributed by atoms with Crippen LogP contribution in [-0.2, 0) is 11.0 Å². The van der Waals surface area contributed by atoms with Gasteiger partial charge in [0.15, 0.2) is 5.69 Å². The van der Waals surface area contributed by atoms with Crippen molar-refractivity contribution < 1.29 is 32.3 Å². The highest BCUT2D eigenvalue weighted by atomic mass is 19.4. The minimum absolute atomic E-state index is 0.0110. The first-order chi connectivity index (χ1) is 11.8. The Hall–Kier alpha value is -2.84. The first-order valence-corrected chi connectivity index (χ1v) is 7.44. The molecule has 1 saturated heterocycles. The molecule has 132 valence electrons. The van der Waals surface area contributed by atoms with Gasteiger partial charge >= 0.3 is 12.1 Å². The molecule has 1 aromatic heterocycles. The summed E-state index contributed by atoms with van der Waals surface area (Å²) in [6.45, 7) is 0.304. The molecular formula is C16H13F3N2O4. The van der Waals surface area contributed by atoms with Crippen LogP contribution < -0.4 is 0 Å². The number of amides is 1. The molecule has 1 aliphatic heterocycles. The van der Waals surface area contributed by atoms with Crippen molar-refractivity contribution in [2.24, 2.45) is 0 Å². The van der Waals surface area contributed by atoms with Crippen LogP contribution >= 0.6 is 0 Å². The van der Waals surface area contributed by atoms with Crippen molar-refractivity contribution >= 4 is 11.9 Å². The Bertz CT molecular complexity index is 798. The topological polar surface area (TPSA) is 83.6 Å². The first-order valence-electron chi connectivity index (χ1n) is 7.44. The van der Waals surface area contributed by atoms with Gasteiger partial charge < -0.3 is 14.4 Å². The molecule has 1 aromatic carbocycles. The van der Waals surface area contributed by atoms with Gasteiger partial charge in [0.25, 0.3) is 5.91 Å². The molecule has 0 radical (unpaired) electrons. The number of rotatable bonds is 3. The summed E-state index contributed by atoms with van der Waals surface area (Å²) < 4.78 is 42.9. The second-order valence-electron chi connectivity index (χ2n) is 5.61. The summed E-state index contributed by atoms with van der Waals surface area (Å²) in [6.07, 6.45) is -2.43. The fourth-order valence-electron chi connectivity index (χ4n) is 2.72. The molecule has 1 unspecified atom stereocenters. The van der Waals surface area contributed by atoms with Crippen molar-refractivity contribution in [1.29, 1.82) is 0 Å². The molecule has 1 N–H and O–H groups in total. The molecule has 3 rings (SSSR count). The summed E-state index contributed by atoms with van der Waals surface area (Å²) in [4.78, 5) is 28.7. The van der Waals surface area contributed by atoms with E-state index < -0.39 is 29.7 Å². The van der Waals surface area contributed by atoms with Gasteiger partial charge in [-0.1, -0.05) is 0 Å². The van der Waals surface area contributed by atoms with Crippen LogP contribution in [0.3, 0.4) is 0 Å². The quantitative estimate of drug-likeness (QED) is 0.916. The number of alkyl halides is 3. The third kappa shape index (κ3) is 3.35. The Morgan fingerprint density at radius 2 is 1.92 bits per heavy atom. The summed E-state index contributed by atoms with van der Waals surface area (Å²) in [5, 5.41) is 9.12. The smallest absolute Gasteiger partial charge is 0.416 e. The maximum Gasteiger partial charge on any atom is 0.416 e. The number of benzene rings is 1. The van der Waals surface area contributed by atoms with Crippen LogP contribution in [-0.4, -0.2) is 39.5 Å². The number of aromatic nitrogens is 1. The molecule has 9 heteroatoms. The first kappa shape index (κ1) is 17.0. The van der Waals surface area contributed by atoms with E-state index in [0.717, 1.165) is 18.4 Å². The molecular weight excluding hydrogens is 341 g/mol. The molecule has 0 aliphatic carbocycles. The fraction of sp³-hybridized carbons (Fsp3) is 0.312. The standard InChI is InChI=1S/C16H13F3N2O4/c17-16(18,19)10-5-3-9(4-6-10)13-20-11(8-25-13)14(22)21-7-1-2-12(21)15(23)24/h3-6,8,12H,1-2,7H2,(H,23,24). The molecule has 1 amide bonds. The number of carbonyl (C=O) groups excluding carboxylic acids is 1. The molecule has 6 nitrogen and oxygen atoms in total. The van der Waals surface area contributed by atoms with Gasteiger partial charge in [-0.2, -0.15) is 13.2 Å². The lowest BCUT2D eigenvalue weighted by Crippen LogP contribution is -2.40. The summed E-state index contributed by atoms with van der Waals surface area (Å²) in [5.41, 5.74) is -0.605. The van der Waals surface area contributed by atoms with Crippen LogP contribution in [0.25, 0.3) is 11.5 Å². The third-order valence-corrected chi connectivity index (χ3v) is 3.98. The van der Waals surface area contributed by atoms with Gasteiger partial charge in [0.2, 0.25) is 5.89 Å². The fourth-order valence-corrected chi connectivity index (χ4v) is 2.72. The van der Waals surface area contributed by atoms with Crippen molar-refractivity contribution in [2.75, 3.05) is 6.54 Å². The zero-order valence-electron chi connectivity index (χ0n) is 12.8. The van der Waals surface area contributed by atoms with Gasteiger partial charge in [-0.25, -0.2) is 9.78 Å². The van der Waals surface area contributed by atoms with Gasteiger partial charge in [0.1, 0.15) is 12.3 Å². The Morgan fingerprint density at radius 1 is 1.24 bits per heavy atom. The minimum atomic E-state index is -4.45. The van der Waals surface area contributed by atoms with E-state index in [1.165, 1.54) is 17.0 Å². The van der Waals surface area contributed by atoms with E-state index in [-0.39, 0.29) is 17.1 Å². The number of nitrogens with zero attached hydrogens (tertiary/aromatic N) is 2. The molecule has 2 aromatic rings. The van der Waals surface area contributed by atoms with E-state index in [0.29, 0.717) is 19.4 Å². The van der Waals surface area contributed by atoms with Crippen LogP contribution in [0.5, 0.6) is 0 Å². The second-order valence-corrected chi connectivity index (χ2v) is 5.61. The molecule has 25 heavy (non-hydrogen) atoms. The van der Waals surface area contributed by atoms with Crippen LogP contribution in [0.4, 0.5) is 13.2 Å². The molecule has 1 fully saturated rings. The highest BCUT2D eigenvalue weighted by Crippen LogP contribution is 2.31. The lowest BCUT2D eigenvalue weighted by Gasteiger charge is -2.19. The van der Waals surface area contributed by atoms with Crippen LogP contribution in [0.15, 0.2) is 34.9 Å². The van der Waals surface area contributed by atoms with Gasteiger partial charge in [-0.3, -0.25) is 4.79 Å². The number of oxazole rings is 1. The number of aliphatic carboxylic acids is 1. The van der Waals surface area contributed by atoms with Crippen molar-refractivity contribution in [2.45, 2.75) is 25.1 Å².